The lowest BCUT2D eigenvalue weighted by atomic mass is 10.3. The summed E-state index contributed by atoms with van der Waals surface area (Å²) in [5.74, 6) is -0.241. The summed E-state index contributed by atoms with van der Waals surface area (Å²) in [4.78, 5) is 12.0. The number of nitrogens with one attached hydrogen (secondary N) is 1. The number of hydrazone groups is 1. The Labute approximate surface area is 163 Å². The summed E-state index contributed by atoms with van der Waals surface area (Å²) in [6, 6.07) is 14.3. The lowest BCUT2D eigenvalue weighted by Gasteiger charge is -2.07. The molecule has 3 aromatic rings. The number of anilines is 1. The second-order valence-corrected chi connectivity index (χ2v) is 6.82. The van der Waals surface area contributed by atoms with Gasteiger partial charge in [0.25, 0.3) is 0 Å². The van der Waals surface area contributed by atoms with Gasteiger partial charge in [0.2, 0.25) is 5.16 Å². The number of tetrazole rings is 1. The zero-order valence-corrected chi connectivity index (χ0v) is 15.8. The highest BCUT2D eigenvalue weighted by Gasteiger charge is 2.16. The number of aromatic nitrogens is 4. The van der Waals surface area contributed by atoms with Gasteiger partial charge in [-0.3, -0.25) is 10.2 Å². The van der Waals surface area contributed by atoms with Gasteiger partial charge in [-0.15, -0.1) is 5.10 Å². The summed E-state index contributed by atoms with van der Waals surface area (Å²) in [7, 11) is 0. The van der Waals surface area contributed by atoms with Crippen molar-refractivity contribution < 1.29 is 4.79 Å². The molecule has 0 aliphatic heterocycles. The third kappa shape index (κ3) is 4.40. The Bertz CT molecular complexity index is 960. The minimum Gasteiger partial charge on any atom is -0.292 e. The molecule has 10 heteroatoms. The van der Waals surface area contributed by atoms with E-state index in [0.717, 1.165) is 17.4 Å². The Balaban J connectivity index is 1.84. The van der Waals surface area contributed by atoms with Crippen LogP contribution in [0.25, 0.3) is 5.69 Å². The van der Waals surface area contributed by atoms with Gasteiger partial charge in [0.1, 0.15) is 0 Å². The molecule has 1 aromatic heterocycles. The molecule has 3 rings (SSSR count). The van der Waals surface area contributed by atoms with E-state index >= 15 is 0 Å². The van der Waals surface area contributed by atoms with Gasteiger partial charge in [0, 0.05) is 11.9 Å². The van der Waals surface area contributed by atoms with Gasteiger partial charge < -0.3 is 0 Å². The number of nitrogens with zero attached hydrogens (tertiary/aromatic N) is 5. The van der Waals surface area contributed by atoms with Crippen molar-refractivity contribution in [2.75, 3.05) is 5.43 Å². The summed E-state index contributed by atoms with van der Waals surface area (Å²) in [5.41, 5.74) is 4.07. The van der Waals surface area contributed by atoms with E-state index in [1.807, 2.05) is 30.3 Å². The lowest BCUT2D eigenvalue weighted by molar-refractivity contribution is -0.110. The van der Waals surface area contributed by atoms with Crippen LogP contribution in [0.1, 0.15) is 6.92 Å². The molecule has 0 bridgehead atoms. The highest BCUT2D eigenvalue weighted by atomic mass is 35.5. The molecule has 0 saturated heterocycles. The molecule has 2 aromatic carbocycles. The van der Waals surface area contributed by atoms with Crippen LogP contribution in [0.3, 0.4) is 0 Å². The maximum Gasteiger partial charge on any atom is 0.220 e. The summed E-state index contributed by atoms with van der Waals surface area (Å²) in [6.45, 7) is 1.41. The Kier molecular flexibility index (Phi) is 5.87. The number of halogens is 2. The Hall–Kier alpha value is -2.42. The van der Waals surface area contributed by atoms with E-state index in [4.69, 9.17) is 23.2 Å². The Morgan fingerprint density at radius 1 is 1.19 bits per heavy atom. The molecule has 0 atom stereocenters. The first-order valence-electron chi connectivity index (χ1n) is 7.36. The van der Waals surface area contributed by atoms with E-state index in [1.165, 1.54) is 11.6 Å². The highest BCUT2D eigenvalue weighted by Crippen LogP contribution is 2.26. The van der Waals surface area contributed by atoms with Gasteiger partial charge in [-0.2, -0.15) is 9.78 Å². The van der Waals surface area contributed by atoms with Crippen molar-refractivity contribution >= 4 is 51.5 Å². The maximum atomic E-state index is 12.0. The molecule has 0 aliphatic rings. The first-order valence-corrected chi connectivity index (χ1v) is 8.93. The summed E-state index contributed by atoms with van der Waals surface area (Å²) in [6.07, 6.45) is 0. The predicted octanol–water partition coefficient (Wildman–Crippen LogP) is 4.08. The average Bonchev–Trinajstić information content (AvgIpc) is 3.08. The minimum absolute atomic E-state index is 0.183. The number of Topliss-reactive ketones (excluding diaryl/α,β-unsaturated/α-hetero) is 1. The van der Waals surface area contributed by atoms with Crippen LogP contribution in [0.4, 0.5) is 5.69 Å². The van der Waals surface area contributed by atoms with E-state index in [0.29, 0.717) is 20.9 Å². The molecule has 0 aliphatic carbocycles. The van der Waals surface area contributed by atoms with E-state index in [9.17, 15) is 4.79 Å². The van der Waals surface area contributed by atoms with Crippen molar-refractivity contribution in [1.29, 1.82) is 0 Å². The van der Waals surface area contributed by atoms with Crippen molar-refractivity contribution in [3.8, 4) is 5.69 Å². The van der Waals surface area contributed by atoms with Crippen molar-refractivity contribution in [3.63, 3.8) is 0 Å². The van der Waals surface area contributed by atoms with Crippen LogP contribution < -0.4 is 5.43 Å². The van der Waals surface area contributed by atoms with Crippen LogP contribution in [-0.2, 0) is 4.79 Å². The fourth-order valence-corrected chi connectivity index (χ4v) is 3.09. The first-order chi connectivity index (χ1) is 12.5. The fraction of sp³-hybridized carbons (Fsp3) is 0.0625. The van der Waals surface area contributed by atoms with Crippen LogP contribution in [0.2, 0.25) is 10.0 Å². The van der Waals surface area contributed by atoms with Crippen molar-refractivity contribution in [1.82, 2.24) is 20.2 Å². The van der Waals surface area contributed by atoms with Gasteiger partial charge in [0.05, 0.1) is 16.4 Å². The molecule has 1 heterocycles. The fourth-order valence-electron chi connectivity index (χ4n) is 1.92. The molecule has 7 nitrogen and oxygen atoms in total. The standard InChI is InChI=1S/C16H12Cl2N6OS/c1-10(25)15(20-19-14-8-7-11(17)9-13(14)18)26-16-21-22-23-24(16)12-5-3-2-4-6-12/h2-9,19H,1H3. The number of hydrogen-bond donors (Lipinski definition) is 1. The van der Waals surface area contributed by atoms with Crippen LogP contribution in [0.5, 0.6) is 0 Å². The first kappa shape index (κ1) is 18.4. The molecular formula is C16H12Cl2N6OS. The van der Waals surface area contributed by atoms with Crippen LogP contribution in [0, 0.1) is 0 Å². The third-order valence-electron chi connectivity index (χ3n) is 3.14. The molecule has 0 unspecified atom stereocenters. The zero-order chi connectivity index (χ0) is 18.5. The summed E-state index contributed by atoms with van der Waals surface area (Å²) >= 11 is 13.0. The third-order valence-corrected chi connectivity index (χ3v) is 4.70. The van der Waals surface area contributed by atoms with E-state index in [2.05, 4.69) is 26.1 Å². The average molecular weight is 407 g/mol. The zero-order valence-electron chi connectivity index (χ0n) is 13.4. The number of para-hydroxylation sites is 1. The molecule has 26 heavy (non-hydrogen) atoms. The summed E-state index contributed by atoms with van der Waals surface area (Å²) in [5, 5.41) is 17.2. The number of hydrogen-bond acceptors (Lipinski definition) is 7. The predicted molar refractivity (Wildman–Crippen MR) is 103 cm³/mol. The molecule has 0 fully saturated rings. The summed E-state index contributed by atoms with van der Waals surface area (Å²) < 4.78 is 1.53. The van der Waals surface area contributed by atoms with Gasteiger partial charge in [-0.25, -0.2) is 0 Å². The highest BCUT2D eigenvalue weighted by molar-refractivity contribution is 8.15. The molecule has 0 amide bonds. The Morgan fingerprint density at radius 2 is 1.96 bits per heavy atom. The van der Waals surface area contributed by atoms with Gasteiger partial charge in [0.15, 0.2) is 10.8 Å². The van der Waals surface area contributed by atoms with Gasteiger partial charge in [-0.05, 0) is 52.5 Å². The number of rotatable bonds is 5. The number of carbonyl (C=O) groups is 1. The number of ketones is 1. The van der Waals surface area contributed by atoms with Crippen LogP contribution in [0.15, 0.2) is 58.8 Å². The van der Waals surface area contributed by atoms with Crippen molar-refractivity contribution in [2.24, 2.45) is 5.10 Å². The number of carbonyl (C=O) groups excluding carboxylic acids is 1. The second-order valence-electron chi connectivity index (χ2n) is 5.02. The van der Waals surface area contributed by atoms with E-state index < -0.39 is 0 Å². The van der Waals surface area contributed by atoms with Crippen molar-refractivity contribution in [2.45, 2.75) is 12.1 Å². The number of thioether (sulfide) groups is 1. The molecule has 0 saturated carbocycles. The molecular weight excluding hydrogens is 395 g/mol. The van der Waals surface area contributed by atoms with E-state index in [1.54, 1.807) is 18.2 Å². The molecule has 1 N–H and O–H groups in total. The molecule has 132 valence electrons. The monoisotopic (exact) mass is 406 g/mol. The quantitative estimate of drug-likeness (QED) is 0.297. The van der Waals surface area contributed by atoms with Gasteiger partial charge in [-0.1, -0.05) is 41.4 Å². The molecule has 0 spiro atoms. The number of benzene rings is 2. The molecule has 0 radical (unpaired) electrons. The maximum absolute atomic E-state index is 12.0. The lowest BCUT2D eigenvalue weighted by Crippen LogP contribution is -2.10. The van der Waals surface area contributed by atoms with Crippen LogP contribution in [-0.4, -0.2) is 31.0 Å². The normalized spacial score (nSPS) is 11.4. The Morgan fingerprint density at radius 3 is 2.65 bits per heavy atom. The SMILES string of the molecule is CC(=O)C(=NNc1ccc(Cl)cc1Cl)Sc1nnnn1-c1ccccc1. The second kappa shape index (κ2) is 8.31. The van der Waals surface area contributed by atoms with Gasteiger partial charge >= 0.3 is 0 Å². The van der Waals surface area contributed by atoms with Crippen molar-refractivity contribution in [3.05, 3.63) is 58.6 Å². The van der Waals surface area contributed by atoms with E-state index in [-0.39, 0.29) is 10.8 Å². The smallest absolute Gasteiger partial charge is 0.220 e. The minimum atomic E-state index is -0.241. The van der Waals surface area contributed by atoms with Crippen LogP contribution >= 0.6 is 35.0 Å². The topological polar surface area (TPSA) is 85.1 Å². The largest absolute Gasteiger partial charge is 0.292 e.